The van der Waals surface area contributed by atoms with Crippen LogP contribution in [0, 0.1) is 0 Å². The largest absolute Gasteiger partial charge is 0.497 e. The van der Waals surface area contributed by atoms with Crippen molar-refractivity contribution in [2.45, 2.75) is 6.61 Å². The van der Waals surface area contributed by atoms with Crippen molar-refractivity contribution in [2.24, 2.45) is 0 Å². The van der Waals surface area contributed by atoms with Gasteiger partial charge in [0.15, 0.2) is 0 Å². The van der Waals surface area contributed by atoms with E-state index >= 15 is 0 Å². The van der Waals surface area contributed by atoms with E-state index in [-0.39, 0.29) is 0 Å². The summed E-state index contributed by atoms with van der Waals surface area (Å²) >= 11 is 0. The van der Waals surface area contributed by atoms with E-state index in [1.165, 1.54) is 0 Å². The normalized spacial score (nSPS) is 10.1. The highest BCUT2D eigenvalue weighted by Gasteiger charge is 2.16. The van der Waals surface area contributed by atoms with Gasteiger partial charge in [-0.1, -0.05) is 30.3 Å². The third-order valence-corrected chi connectivity index (χ3v) is 2.73. The SMILES string of the molecule is COc1cccc(COc2ccccc2B(O)O)c1. The van der Waals surface area contributed by atoms with Crippen molar-refractivity contribution in [1.29, 1.82) is 0 Å². The summed E-state index contributed by atoms with van der Waals surface area (Å²) < 4.78 is 10.7. The van der Waals surface area contributed by atoms with Gasteiger partial charge in [0.25, 0.3) is 0 Å². The van der Waals surface area contributed by atoms with Gasteiger partial charge in [0.2, 0.25) is 0 Å². The van der Waals surface area contributed by atoms with E-state index in [0.717, 1.165) is 11.3 Å². The number of methoxy groups -OCH3 is 1. The van der Waals surface area contributed by atoms with Gasteiger partial charge in [-0.15, -0.1) is 0 Å². The van der Waals surface area contributed by atoms with Gasteiger partial charge in [0.05, 0.1) is 7.11 Å². The topological polar surface area (TPSA) is 58.9 Å². The lowest BCUT2D eigenvalue weighted by Gasteiger charge is -2.11. The highest BCUT2D eigenvalue weighted by atomic mass is 16.5. The Morgan fingerprint density at radius 1 is 1.05 bits per heavy atom. The van der Waals surface area contributed by atoms with Gasteiger partial charge in [-0.3, -0.25) is 0 Å². The van der Waals surface area contributed by atoms with E-state index in [1.807, 2.05) is 24.3 Å². The molecule has 0 aliphatic heterocycles. The Morgan fingerprint density at radius 2 is 1.84 bits per heavy atom. The standard InChI is InChI=1S/C14H15BO4/c1-18-12-6-4-5-11(9-12)10-19-14-8-3-2-7-13(14)15(16)17/h2-9,16-17H,10H2,1H3. The Balaban J connectivity index is 2.10. The Kier molecular flexibility index (Phi) is 4.44. The quantitative estimate of drug-likeness (QED) is 0.784. The summed E-state index contributed by atoms with van der Waals surface area (Å²) in [6.07, 6.45) is 0. The lowest BCUT2D eigenvalue weighted by Crippen LogP contribution is -2.31. The Hall–Kier alpha value is -1.98. The number of hydrogen-bond donors (Lipinski definition) is 2. The van der Waals surface area contributed by atoms with Crippen molar-refractivity contribution in [2.75, 3.05) is 7.11 Å². The van der Waals surface area contributed by atoms with Crippen molar-refractivity contribution in [3.05, 3.63) is 54.1 Å². The fourth-order valence-corrected chi connectivity index (χ4v) is 1.75. The maximum absolute atomic E-state index is 9.24. The average Bonchev–Trinajstić information content (AvgIpc) is 2.45. The molecule has 0 spiro atoms. The van der Waals surface area contributed by atoms with E-state index in [1.54, 1.807) is 31.4 Å². The third-order valence-electron chi connectivity index (χ3n) is 2.73. The molecule has 0 aliphatic rings. The van der Waals surface area contributed by atoms with Crippen molar-refractivity contribution in [3.8, 4) is 11.5 Å². The molecule has 0 amide bonds. The number of hydrogen-bond acceptors (Lipinski definition) is 4. The van der Waals surface area contributed by atoms with Crippen LogP contribution in [-0.2, 0) is 6.61 Å². The molecule has 19 heavy (non-hydrogen) atoms. The molecule has 2 aromatic carbocycles. The Bertz CT molecular complexity index is 542. The highest BCUT2D eigenvalue weighted by molar-refractivity contribution is 6.59. The molecule has 5 heteroatoms. The molecular formula is C14H15BO4. The van der Waals surface area contributed by atoms with Crippen LogP contribution in [0.3, 0.4) is 0 Å². The molecule has 0 atom stereocenters. The summed E-state index contributed by atoms with van der Waals surface area (Å²) in [7, 11) is 0.0683. The lowest BCUT2D eigenvalue weighted by molar-refractivity contribution is 0.305. The van der Waals surface area contributed by atoms with Crippen LogP contribution < -0.4 is 14.9 Å². The maximum Gasteiger partial charge on any atom is 0.492 e. The number of benzene rings is 2. The molecule has 0 radical (unpaired) electrons. The first-order chi connectivity index (χ1) is 9.20. The summed E-state index contributed by atoms with van der Waals surface area (Å²) in [4.78, 5) is 0. The van der Waals surface area contributed by atoms with Crippen LogP contribution in [0.5, 0.6) is 11.5 Å². The van der Waals surface area contributed by atoms with Gasteiger partial charge in [-0.2, -0.15) is 0 Å². The van der Waals surface area contributed by atoms with E-state index in [2.05, 4.69) is 0 Å². The molecule has 0 saturated heterocycles. The monoisotopic (exact) mass is 258 g/mol. The summed E-state index contributed by atoms with van der Waals surface area (Å²) in [5, 5.41) is 18.5. The highest BCUT2D eigenvalue weighted by Crippen LogP contribution is 2.15. The Morgan fingerprint density at radius 3 is 2.58 bits per heavy atom. The summed E-state index contributed by atoms with van der Waals surface area (Å²) in [6, 6.07) is 14.4. The average molecular weight is 258 g/mol. The van der Waals surface area contributed by atoms with E-state index < -0.39 is 7.12 Å². The van der Waals surface area contributed by atoms with Crippen LogP contribution in [0.1, 0.15) is 5.56 Å². The fourth-order valence-electron chi connectivity index (χ4n) is 1.75. The second kappa shape index (κ2) is 6.27. The molecule has 0 heterocycles. The number of para-hydroxylation sites is 1. The van der Waals surface area contributed by atoms with E-state index in [4.69, 9.17) is 9.47 Å². The summed E-state index contributed by atoms with van der Waals surface area (Å²) in [5.74, 6) is 1.22. The van der Waals surface area contributed by atoms with Crippen molar-refractivity contribution in [1.82, 2.24) is 0 Å². The molecule has 4 nitrogen and oxygen atoms in total. The molecule has 0 aromatic heterocycles. The maximum atomic E-state index is 9.24. The molecule has 0 aliphatic carbocycles. The molecule has 2 aromatic rings. The zero-order valence-corrected chi connectivity index (χ0v) is 10.6. The second-order valence-corrected chi connectivity index (χ2v) is 4.05. The zero-order valence-electron chi connectivity index (χ0n) is 10.6. The zero-order chi connectivity index (χ0) is 13.7. The molecule has 0 saturated carbocycles. The van der Waals surface area contributed by atoms with Gasteiger partial charge >= 0.3 is 7.12 Å². The van der Waals surface area contributed by atoms with Gasteiger partial charge in [0, 0.05) is 5.46 Å². The lowest BCUT2D eigenvalue weighted by atomic mass is 9.79. The van der Waals surface area contributed by atoms with Crippen molar-refractivity contribution < 1.29 is 19.5 Å². The van der Waals surface area contributed by atoms with E-state index in [9.17, 15) is 10.0 Å². The predicted octanol–water partition coefficient (Wildman–Crippen LogP) is 0.954. The molecule has 98 valence electrons. The molecule has 0 unspecified atom stereocenters. The Labute approximate surface area is 112 Å². The van der Waals surface area contributed by atoms with Crippen molar-refractivity contribution in [3.63, 3.8) is 0 Å². The van der Waals surface area contributed by atoms with Crippen molar-refractivity contribution >= 4 is 12.6 Å². The minimum Gasteiger partial charge on any atom is -0.497 e. The smallest absolute Gasteiger partial charge is 0.492 e. The predicted molar refractivity (Wildman–Crippen MR) is 73.6 cm³/mol. The summed E-state index contributed by atoms with van der Waals surface area (Å²) in [6.45, 7) is 0.334. The van der Waals surface area contributed by atoms with Gasteiger partial charge in [-0.25, -0.2) is 0 Å². The van der Waals surface area contributed by atoms with Crippen LogP contribution in [0.25, 0.3) is 0 Å². The van der Waals surface area contributed by atoms with Crippen LogP contribution in [0.4, 0.5) is 0 Å². The first kappa shape index (κ1) is 13.5. The van der Waals surface area contributed by atoms with Gasteiger partial charge in [0.1, 0.15) is 18.1 Å². The van der Waals surface area contributed by atoms with Crippen LogP contribution in [0.2, 0.25) is 0 Å². The third kappa shape index (κ3) is 3.50. The molecule has 2 N–H and O–H groups in total. The molecule has 2 rings (SSSR count). The second-order valence-electron chi connectivity index (χ2n) is 4.05. The van der Waals surface area contributed by atoms with E-state index in [0.29, 0.717) is 17.8 Å². The molecular weight excluding hydrogens is 243 g/mol. The van der Waals surface area contributed by atoms with Crippen LogP contribution in [0.15, 0.2) is 48.5 Å². The van der Waals surface area contributed by atoms with Gasteiger partial charge in [-0.05, 0) is 23.8 Å². The minimum atomic E-state index is -1.54. The fraction of sp³-hybridized carbons (Fsp3) is 0.143. The van der Waals surface area contributed by atoms with Gasteiger partial charge < -0.3 is 19.5 Å². The number of ether oxygens (including phenoxy) is 2. The molecule has 0 fully saturated rings. The van der Waals surface area contributed by atoms with Crippen LogP contribution >= 0.6 is 0 Å². The summed E-state index contributed by atoms with van der Waals surface area (Å²) in [5.41, 5.74) is 1.30. The first-order valence-corrected chi connectivity index (χ1v) is 5.91. The first-order valence-electron chi connectivity index (χ1n) is 5.91. The number of rotatable bonds is 5. The minimum absolute atomic E-state index is 0.334. The molecule has 0 bridgehead atoms. The van der Waals surface area contributed by atoms with Crippen LogP contribution in [-0.4, -0.2) is 24.3 Å².